The number of carbonyl (C=O) groups is 1. The molecule has 0 aliphatic carbocycles. The molecule has 1 fully saturated rings. The Morgan fingerprint density at radius 3 is 2.62 bits per heavy atom. The number of carbonyl (C=O) groups excluding carboxylic acids is 1. The van der Waals surface area contributed by atoms with Gasteiger partial charge in [-0.15, -0.1) is 0 Å². The first kappa shape index (κ1) is 15.8. The van der Waals surface area contributed by atoms with Gasteiger partial charge in [-0.2, -0.15) is 0 Å². The van der Waals surface area contributed by atoms with Crippen LogP contribution in [0.15, 0.2) is 30.3 Å². The average Bonchev–Trinajstić information content (AvgIpc) is 2.68. The van der Waals surface area contributed by atoms with Crippen LogP contribution >= 0.6 is 0 Å². The fraction of sp³-hybridized carbons (Fsp3) is 0.562. The van der Waals surface area contributed by atoms with Crippen molar-refractivity contribution in [3.05, 3.63) is 35.9 Å². The summed E-state index contributed by atoms with van der Waals surface area (Å²) in [6, 6.07) is 10.1. The maximum Gasteiger partial charge on any atom is 0.407 e. The Kier molecular flexibility index (Phi) is 4.85. The molecule has 1 aliphatic heterocycles. The molecule has 1 heterocycles. The van der Waals surface area contributed by atoms with Crippen molar-refractivity contribution >= 4 is 6.09 Å². The van der Waals surface area contributed by atoms with E-state index in [0.717, 1.165) is 19.6 Å². The van der Waals surface area contributed by atoms with E-state index >= 15 is 0 Å². The van der Waals surface area contributed by atoms with Gasteiger partial charge in [0.15, 0.2) is 0 Å². The second-order valence-electron chi connectivity index (χ2n) is 6.60. The van der Waals surface area contributed by atoms with Gasteiger partial charge < -0.3 is 15.8 Å². The first-order valence-electron chi connectivity index (χ1n) is 7.35. The molecule has 1 aromatic rings. The molecule has 2 atom stereocenters. The molecule has 0 radical (unpaired) electrons. The van der Waals surface area contributed by atoms with Gasteiger partial charge in [-0.25, -0.2) is 4.79 Å². The highest BCUT2D eigenvalue weighted by atomic mass is 16.6. The standard InChI is InChI=1S/C16H25N3O2/c1-16(2,3)21-15(20)18-14-11-19(10-13(14)17)9-12-7-5-4-6-8-12/h4-8,13-14H,9-11,17H2,1-3H3,(H,18,20). The summed E-state index contributed by atoms with van der Waals surface area (Å²) in [5.41, 5.74) is 6.89. The van der Waals surface area contributed by atoms with Crippen LogP contribution in [0.4, 0.5) is 4.79 Å². The Balaban J connectivity index is 1.85. The van der Waals surface area contributed by atoms with Crippen LogP contribution in [0.2, 0.25) is 0 Å². The van der Waals surface area contributed by atoms with Crippen LogP contribution in [0.5, 0.6) is 0 Å². The first-order chi connectivity index (χ1) is 9.83. The van der Waals surface area contributed by atoms with E-state index in [9.17, 15) is 4.79 Å². The van der Waals surface area contributed by atoms with Crippen LogP contribution in [-0.4, -0.2) is 41.8 Å². The fourth-order valence-corrected chi connectivity index (χ4v) is 2.50. The Morgan fingerprint density at radius 1 is 1.33 bits per heavy atom. The molecule has 5 heteroatoms. The molecule has 1 aliphatic rings. The number of ether oxygens (including phenoxy) is 1. The van der Waals surface area contributed by atoms with Crippen LogP contribution in [-0.2, 0) is 11.3 Å². The molecule has 2 rings (SSSR count). The largest absolute Gasteiger partial charge is 0.444 e. The summed E-state index contributed by atoms with van der Waals surface area (Å²) in [4.78, 5) is 14.1. The Hall–Kier alpha value is -1.59. The number of amides is 1. The summed E-state index contributed by atoms with van der Waals surface area (Å²) >= 11 is 0. The van der Waals surface area contributed by atoms with Gasteiger partial charge >= 0.3 is 6.09 Å². The van der Waals surface area contributed by atoms with E-state index in [-0.39, 0.29) is 12.1 Å². The second kappa shape index (κ2) is 6.45. The number of rotatable bonds is 3. The molecule has 3 N–H and O–H groups in total. The summed E-state index contributed by atoms with van der Waals surface area (Å²) in [5.74, 6) is 0. The number of nitrogens with zero attached hydrogens (tertiary/aromatic N) is 1. The Morgan fingerprint density at radius 2 is 2.00 bits per heavy atom. The lowest BCUT2D eigenvalue weighted by atomic mass is 10.2. The average molecular weight is 291 g/mol. The third-order valence-electron chi connectivity index (χ3n) is 3.39. The predicted octanol–water partition coefficient (Wildman–Crippen LogP) is 1.72. The summed E-state index contributed by atoms with van der Waals surface area (Å²) in [6.07, 6.45) is -0.399. The first-order valence-corrected chi connectivity index (χ1v) is 7.35. The van der Waals surface area contributed by atoms with Gasteiger partial charge in [0, 0.05) is 25.7 Å². The second-order valence-corrected chi connectivity index (χ2v) is 6.60. The van der Waals surface area contributed by atoms with Crippen LogP contribution < -0.4 is 11.1 Å². The molecule has 1 amide bonds. The zero-order chi connectivity index (χ0) is 15.5. The van der Waals surface area contributed by atoms with Crippen molar-refractivity contribution in [2.45, 2.75) is 45.0 Å². The minimum atomic E-state index is -0.490. The predicted molar refractivity (Wildman–Crippen MR) is 82.9 cm³/mol. The number of benzene rings is 1. The van der Waals surface area contributed by atoms with Crippen molar-refractivity contribution in [2.24, 2.45) is 5.73 Å². The fourth-order valence-electron chi connectivity index (χ4n) is 2.50. The highest BCUT2D eigenvalue weighted by Crippen LogP contribution is 2.14. The van der Waals surface area contributed by atoms with Crippen LogP contribution in [0, 0.1) is 0 Å². The highest BCUT2D eigenvalue weighted by Gasteiger charge is 2.32. The van der Waals surface area contributed by atoms with Crippen molar-refractivity contribution in [2.75, 3.05) is 13.1 Å². The molecule has 1 saturated heterocycles. The quantitative estimate of drug-likeness (QED) is 0.890. The molecule has 21 heavy (non-hydrogen) atoms. The van der Waals surface area contributed by atoms with E-state index in [1.54, 1.807) is 0 Å². The molecule has 0 bridgehead atoms. The third-order valence-corrected chi connectivity index (χ3v) is 3.39. The maximum absolute atomic E-state index is 11.8. The molecule has 2 unspecified atom stereocenters. The number of hydrogen-bond acceptors (Lipinski definition) is 4. The number of hydrogen-bond donors (Lipinski definition) is 2. The molecule has 0 aromatic heterocycles. The van der Waals surface area contributed by atoms with E-state index in [1.807, 2.05) is 39.0 Å². The van der Waals surface area contributed by atoms with Crippen molar-refractivity contribution in [1.82, 2.24) is 10.2 Å². The number of nitrogens with one attached hydrogen (secondary N) is 1. The zero-order valence-corrected chi connectivity index (χ0v) is 13.0. The van der Waals surface area contributed by atoms with Crippen LogP contribution in [0.1, 0.15) is 26.3 Å². The molecule has 0 saturated carbocycles. The van der Waals surface area contributed by atoms with E-state index < -0.39 is 11.7 Å². The normalized spacial score (nSPS) is 23.0. The lowest BCUT2D eigenvalue weighted by Crippen LogP contribution is -2.48. The smallest absolute Gasteiger partial charge is 0.407 e. The van der Waals surface area contributed by atoms with E-state index in [2.05, 4.69) is 22.3 Å². The third kappa shape index (κ3) is 5.02. The SMILES string of the molecule is CC(C)(C)OC(=O)NC1CN(Cc2ccccc2)CC1N. The highest BCUT2D eigenvalue weighted by molar-refractivity contribution is 5.68. The maximum atomic E-state index is 11.8. The topological polar surface area (TPSA) is 67.6 Å². The van der Waals surface area contributed by atoms with Gasteiger partial charge in [0.1, 0.15) is 5.60 Å². The molecule has 0 spiro atoms. The summed E-state index contributed by atoms with van der Waals surface area (Å²) < 4.78 is 5.28. The van der Waals surface area contributed by atoms with Gasteiger partial charge in [0.05, 0.1) is 6.04 Å². The van der Waals surface area contributed by atoms with E-state index in [4.69, 9.17) is 10.5 Å². The summed E-state index contributed by atoms with van der Waals surface area (Å²) in [7, 11) is 0. The molecule has 1 aromatic carbocycles. The number of alkyl carbamates (subject to hydrolysis) is 1. The number of likely N-dealkylation sites (tertiary alicyclic amines) is 1. The zero-order valence-electron chi connectivity index (χ0n) is 13.0. The molecule has 116 valence electrons. The van der Waals surface area contributed by atoms with Crippen LogP contribution in [0.25, 0.3) is 0 Å². The van der Waals surface area contributed by atoms with E-state index in [1.165, 1.54) is 5.56 Å². The van der Waals surface area contributed by atoms with Gasteiger partial charge in [-0.3, -0.25) is 4.90 Å². The minimum Gasteiger partial charge on any atom is -0.444 e. The van der Waals surface area contributed by atoms with Crippen molar-refractivity contribution in [1.29, 1.82) is 0 Å². The van der Waals surface area contributed by atoms with Gasteiger partial charge in [-0.1, -0.05) is 30.3 Å². The van der Waals surface area contributed by atoms with Crippen molar-refractivity contribution in [3.8, 4) is 0 Å². The van der Waals surface area contributed by atoms with Gasteiger partial charge in [0.2, 0.25) is 0 Å². The lowest BCUT2D eigenvalue weighted by molar-refractivity contribution is 0.0502. The molecular weight excluding hydrogens is 266 g/mol. The Labute approximate surface area is 126 Å². The van der Waals surface area contributed by atoms with Crippen molar-refractivity contribution in [3.63, 3.8) is 0 Å². The van der Waals surface area contributed by atoms with Gasteiger partial charge in [0.25, 0.3) is 0 Å². The summed E-state index contributed by atoms with van der Waals surface area (Å²) in [5, 5.41) is 2.87. The van der Waals surface area contributed by atoms with Gasteiger partial charge in [-0.05, 0) is 26.3 Å². The van der Waals surface area contributed by atoms with Crippen LogP contribution in [0.3, 0.4) is 0 Å². The Bertz CT molecular complexity index is 470. The number of nitrogens with two attached hydrogens (primary N) is 1. The molecule has 5 nitrogen and oxygen atoms in total. The summed E-state index contributed by atoms with van der Waals surface area (Å²) in [6.45, 7) is 7.92. The van der Waals surface area contributed by atoms with E-state index in [0.29, 0.717) is 0 Å². The minimum absolute atomic E-state index is 0.0661. The lowest BCUT2D eigenvalue weighted by Gasteiger charge is -2.23. The monoisotopic (exact) mass is 291 g/mol. The van der Waals surface area contributed by atoms with Crippen molar-refractivity contribution < 1.29 is 9.53 Å². The molecular formula is C16H25N3O2.